The summed E-state index contributed by atoms with van der Waals surface area (Å²) in [5.74, 6) is -2.50. The Morgan fingerprint density at radius 1 is 0.625 bits per heavy atom. The molecule has 3 saturated heterocycles. The van der Waals surface area contributed by atoms with Crippen molar-refractivity contribution in [2.45, 2.75) is 214 Å². The Hall–Kier alpha value is -10.4. The first kappa shape index (κ1) is 79.7. The zero-order valence-corrected chi connectivity index (χ0v) is 67.2. The van der Waals surface area contributed by atoms with Crippen molar-refractivity contribution in [3.63, 3.8) is 0 Å². The third-order valence-electron chi connectivity index (χ3n) is 22.9. The van der Waals surface area contributed by atoms with Crippen molar-refractivity contribution in [1.82, 2.24) is 55.3 Å². The van der Waals surface area contributed by atoms with Crippen molar-refractivity contribution < 1.29 is 52.9 Å². The van der Waals surface area contributed by atoms with E-state index in [9.17, 15) is 34.3 Å². The van der Waals surface area contributed by atoms with Gasteiger partial charge < -0.3 is 54.6 Å². The second-order valence-corrected chi connectivity index (χ2v) is 34.2. The first-order valence-corrected chi connectivity index (χ1v) is 40.7. The molecule has 2 aromatic heterocycles. The molecule has 24 nitrogen and oxygen atoms in total. The molecule has 5 aliphatic heterocycles. The number of rotatable bonds is 24. The minimum absolute atomic E-state index is 0.00916. The van der Waals surface area contributed by atoms with Crippen LogP contribution in [-0.4, -0.2) is 179 Å². The quantitative estimate of drug-likeness (QED) is 0.0189. The van der Waals surface area contributed by atoms with Gasteiger partial charge in [-0.2, -0.15) is 5.26 Å². The van der Waals surface area contributed by atoms with E-state index in [1.165, 1.54) is 51.3 Å². The molecular weight excluding hydrogens is 1460 g/mol. The smallest absolute Gasteiger partial charge is 0.255 e. The fourth-order valence-corrected chi connectivity index (χ4v) is 18.8. The lowest BCUT2D eigenvalue weighted by molar-refractivity contribution is -0.150. The number of aromatic nitrogens is 2. The minimum atomic E-state index is -1.04. The number of nitriles is 1. The van der Waals surface area contributed by atoms with Crippen molar-refractivity contribution in [2.24, 2.45) is 22.2 Å². The summed E-state index contributed by atoms with van der Waals surface area (Å²) in [7, 11) is 1.59. The topological polar surface area (TPSA) is 293 Å². The van der Waals surface area contributed by atoms with Crippen molar-refractivity contribution in [3.8, 4) is 38.6 Å². The summed E-state index contributed by atoms with van der Waals surface area (Å²) in [5, 5.41) is 30.1. The number of amides is 8. The summed E-state index contributed by atoms with van der Waals surface area (Å²) < 4.78 is 13.5. The van der Waals surface area contributed by atoms with Gasteiger partial charge in [0.25, 0.3) is 11.8 Å². The van der Waals surface area contributed by atoms with Gasteiger partial charge in [0.05, 0.1) is 63.9 Å². The maximum absolute atomic E-state index is 15.7. The molecule has 0 bridgehead atoms. The minimum Gasteiger partial charge on any atom is -0.488 e. The van der Waals surface area contributed by atoms with E-state index in [0.717, 1.165) is 61.8 Å². The van der Waals surface area contributed by atoms with Crippen molar-refractivity contribution in [2.75, 3.05) is 26.7 Å². The monoisotopic (exact) mass is 1560 g/mol. The fourth-order valence-electron chi connectivity index (χ4n) is 17.1. The second kappa shape index (κ2) is 33.9. The van der Waals surface area contributed by atoms with Gasteiger partial charge >= 0.3 is 0 Å². The molecule has 1 aliphatic carbocycles. The van der Waals surface area contributed by atoms with Crippen molar-refractivity contribution in [1.29, 1.82) is 5.26 Å². The third-order valence-corrected chi connectivity index (χ3v) is 24.9. The maximum Gasteiger partial charge on any atom is 0.255 e. The number of nitrogens with one attached hydrogen (secondary N) is 3. The van der Waals surface area contributed by atoms with Gasteiger partial charge in [0.15, 0.2) is 6.19 Å². The molecule has 13 rings (SSSR count). The van der Waals surface area contributed by atoms with Gasteiger partial charge in [-0.3, -0.25) is 48.7 Å². The molecule has 0 spiro atoms. The Balaban J connectivity index is 0.708. The van der Waals surface area contributed by atoms with Crippen LogP contribution in [0.2, 0.25) is 0 Å². The third kappa shape index (κ3) is 17.2. The van der Waals surface area contributed by atoms with Crippen LogP contribution in [-0.2, 0) is 61.5 Å². The number of aliphatic imine (C=N–C) groups is 1. The van der Waals surface area contributed by atoms with Gasteiger partial charge in [-0.25, -0.2) is 9.97 Å². The number of hydrogen-bond acceptors (Lipinski definition) is 17. The summed E-state index contributed by atoms with van der Waals surface area (Å²) in [5.41, 5.74) is 12.7. The number of hydrogen-bond donors (Lipinski definition) is 4. The summed E-state index contributed by atoms with van der Waals surface area (Å²) in [6.07, 6.45) is 5.90. The van der Waals surface area contributed by atoms with Crippen molar-refractivity contribution >= 4 is 75.8 Å². The number of benzene rings is 5. The van der Waals surface area contributed by atoms with E-state index in [4.69, 9.17) is 14.5 Å². The normalized spacial score (nSPS) is 20.7. The number of fused-ring (bicyclic) bond motifs is 2. The number of carbonyl (C=O) groups excluding carboxylic acids is 8. The first-order valence-electron chi connectivity index (χ1n) is 39.0. The Bertz CT molecular complexity index is 4750. The summed E-state index contributed by atoms with van der Waals surface area (Å²) in [4.78, 5) is 142. The zero-order chi connectivity index (χ0) is 79.6. The second-order valence-electron chi connectivity index (χ2n) is 32.5. The van der Waals surface area contributed by atoms with Crippen LogP contribution in [0, 0.1) is 42.6 Å². The van der Waals surface area contributed by atoms with E-state index in [1.54, 1.807) is 81.4 Å². The van der Waals surface area contributed by atoms with Crippen LogP contribution in [0.25, 0.3) is 20.9 Å². The average molecular weight is 1560 g/mol. The molecule has 7 heterocycles. The lowest BCUT2D eigenvalue weighted by Crippen LogP contribution is -2.57. The number of aryl methyl sites for hydroxylation is 2. The average Bonchev–Trinajstić information content (AvgIpc) is 1.58. The Morgan fingerprint density at radius 2 is 1.12 bits per heavy atom. The van der Waals surface area contributed by atoms with Gasteiger partial charge in [-0.05, 0) is 125 Å². The van der Waals surface area contributed by atoms with Crippen molar-refractivity contribution in [3.05, 3.63) is 176 Å². The van der Waals surface area contributed by atoms with Crippen LogP contribution >= 0.6 is 22.7 Å². The highest BCUT2D eigenvalue weighted by atomic mass is 32.1. The molecule has 4 fully saturated rings. The van der Waals surface area contributed by atoms with Crippen LogP contribution in [0.1, 0.15) is 178 Å². The number of carbonyl (C=O) groups is 8. The highest BCUT2D eigenvalue weighted by Gasteiger charge is 2.51. The van der Waals surface area contributed by atoms with Crippen LogP contribution in [0.15, 0.2) is 125 Å². The summed E-state index contributed by atoms with van der Waals surface area (Å²) in [6.45, 7) is 19.1. The molecule has 6 aliphatic rings. The molecular formula is C86H101N13O11S2. The number of likely N-dealkylation sites (N-methyl/N-ethyl adjacent to an activating group) is 1. The van der Waals surface area contributed by atoms with Crippen LogP contribution in [0.4, 0.5) is 0 Å². The largest absolute Gasteiger partial charge is 0.488 e. The van der Waals surface area contributed by atoms with E-state index in [2.05, 4.69) is 38.1 Å². The Morgan fingerprint density at radius 3 is 1.62 bits per heavy atom. The highest BCUT2D eigenvalue weighted by molar-refractivity contribution is 7.13. The zero-order valence-electron chi connectivity index (χ0n) is 65.6. The summed E-state index contributed by atoms with van der Waals surface area (Å²) >= 11 is 3.11. The predicted molar refractivity (Wildman–Crippen MR) is 427 cm³/mol. The van der Waals surface area contributed by atoms with Crippen LogP contribution in [0.3, 0.4) is 0 Å². The van der Waals surface area contributed by atoms with E-state index >= 15 is 14.4 Å². The fraction of sp³-hybridized carbons (Fsp3) is 0.465. The molecule has 9 atom stereocenters. The predicted octanol–water partition coefficient (Wildman–Crippen LogP) is 11.1. The molecule has 1 saturated carbocycles. The van der Waals surface area contributed by atoms with E-state index in [1.807, 2.05) is 135 Å². The van der Waals surface area contributed by atoms with Gasteiger partial charge in [0.2, 0.25) is 35.4 Å². The Labute approximate surface area is 663 Å². The lowest BCUT2D eigenvalue weighted by atomic mass is 9.84. The van der Waals surface area contributed by atoms with E-state index < -0.39 is 95.4 Å². The van der Waals surface area contributed by atoms with E-state index in [0.29, 0.717) is 39.7 Å². The number of amidine groups is 1. The lowest BCUT2D eigenvalue weighted by Gasteiger charge is -2.39. The molecule has 26 heteroatoms. The number of β-amino-alcohol motifs (C(OH)–C–C–N with tert-alkyl or cyclic N) is 1. The molecule has 4 N–H and O–H groups in total. The molecule has 8 amide bonds. The van der Waals surface area contributed by atoms with Gasteiger partial charge in [0.1, 0.15) is 59.8 Å². The number of thiazole rings is 2. The SMILES string of the molecule is CC(=O)N(C)[C@H](C(=O)N1C[C@H](Oc2ccc3c(c2)C(=O)N([C@H](C(=O)N2C[C@H](Oc4ccc5c(c4)CN([C@H](C(=O)N4C[C@H](O)C[C@H]4C(=NCc4ccc(-c6scnc6C)cc4)NC#N)C(C)C)C5=O)C[C@H]2C(=O)NCc2ccc(C4CCCCC4)cc2)C(C)C)C3)C[C@H]1C(=O)NCc1ccc(-c2scnc2C)cc1)C(C)(C)C. The van der Waals surface area contributed by atoms with E-state index in [-0.39, 0.29) is 101 Å². The van der Waals surface area contributed by atoms with Gasteiger partial charge in [-0.1, -0.05) is 147 Å². The molecule has 0 unspecified atom stereocenters. The maximum atomic E-state index is 15.7. The van der Waals surface area contributed by atoms with Gasteiger partial charge in [0, 0.05) is 77.1 Å². The molecule has 7 aromatic rings. The molecule has 588 valence electrons. The summed E-state index contributed by atoms with van der Waals surface area (Å²) in [6, 6.07) is 28.7. The number of aliphatic hydroxyl groups excluding tert-OH is 1. The molecule has 5 aromatic carbocycles. The number of ether oxygens (including phenoxy) is 2. The number of nitrogens with zero attached hydrogens (tertiary/aromatic N) is 10. The molecule has 0 radical (unpaired) electrons. The Kier molecular flexibility index (Phi) is 24.1. The highest BCUT2D eigenvalue weighted by Crippen LogP contribution is 2.40. The van der Waals surface area contributed by atoms with Crippen LogP contribution in [0.5, 0.6) is 11.5 Å². The first-order chi connectivity index (χ1) is 53.6. The standard InChI is InChI=1S/C86H101N13O11S2/c1-49(2)73(83(106)95-43-63(101)34-70(95)78(91-46-87)88-38-54-19-25-59(26-20-54)75-51(5)92-47-111-75)99-42-62-33-64(31-32-68(62)81(99)104)109-66-36-71(79(102)89-39-55-17-23-58(24-18-55)57-15-13-12-14-16-57)96(44-66)84(107)74(50(3)4)98-41-61-29-30-65(35-69(61)82(98)105)110-67-37-72(97(45-67)85(108)77(86(8,9)10)94(11)53(7)100)80(103)90-40-56-21-27-60(28-22-56)76-52(6)93-48-112-76/h17-33,35,47-50,57,63,66-67,70-74,77,101H,12-16,34,36-45H2,1-11H3,(H,88,91)(H,89,102)(H,90,103)/t63-,66-,67-,70+,71+,72+,73+,74+,77-/m1/s1. The van der Waals surface area contributed by atoms with Crippen LogP contribution < -0.4 is 25.4 Å². The number of aliphatic hydroxyl groups is 1. The number of likely N-dealkylation sites (tertiary alicyclic amines) is 3. The van der Waals surface area contributed by atoms with Gasteiger partial charge in [-0.15, -0.1) is 22.7 Å². The molecule has 112 heavy (non-hydrogen) atoms.